The van der Waals surface area contributed by atoms with E-state index in [1.807, 2.05) is 38.3 Å². The summed E-state index contributed by atoms with van der Waals surface area (Å²) in [4.78, 5) is 117. The molecule has 2 aromatic carbocycles. The van der Waals surface area contributed by atoms with Gasteiger partial charge in [-0.25, -0.2) is 24.5 Å². The molecule has 1 aliphatic heterocycles. The van der Waals surface area contributed by atoms with Crippen molar-refractivity contribution < 1.29 is 47.8 Å². The van der Waals surface area contributed by atoms with E-state index in [4.69, 9.17) is 20.9 Å². The van der Waals surface area contributed by atoms with Crippen LogP contribution in [0.4, 0.5) is 9.59 Å². The number of amides is 8. The molecule has 19 nitrogen and oxygen atoms in total. The average Bonchev–Trinajstić information content (AvgIpc) is 3.88. The lowest BCUT2D eigenvalue weighted by molar-refractivity contribution is -0.168. The van der Waals surface area contributed by atoms with Crippen LogP contribution in [0.2, 0.25) is 0 Å². The highest BCUT2D eigenvalue weighted by Gasteiger charge is 2.45. The van der Waals surface area contributed by atoms with E-state index < -0.39 is 89.4 Å². The number of H-pyrrole nitrogens is 1. The van der Waals surface area contributed by atoms with Crippen LogP contribution in [-0.2, 0) is 51.3 Å². The number of benzene rings is 2. The lowest BCUT2D eigenvalue weighted by Gasteiger charge is -2.37. The molecule has 70 heavy (non-hydrogen) atoms. The number of aromatic nitrogens is 1. The van der Waals surface area contributed by atoms with E-state index in [1.165, 1.54) is 16.8 Å². The molecule has 4 rings (SSSR count). The van der Waals surface area contributed by atoms with Gasteiger partial charge in [-0.3, -0.25) is 28.8 Å². The number of hydrogen-bond acceptors (Lipinski definition) is 12. The fourth-order valence-electron chi connectivity index (χ4n) is 8.01. The Kier molecular flexibility index (Phi) is 21.5. The van der Waals surface area contributed by atoms with Gasteiger partial charge in [0.15, 0.2) is 0 Å². The molecule has 0 aliphatic carbocycles. The summed E-state index contributed by atoms with van der Waals surface area (Å²) in [7, 11) is 0. The first-order valence-electron chi connectivity index (χ1n) is 24.0. The lowest BCUT2D eigenvalue weighted by Crippen LogP contribution is -2.62. The topological polar surface area (TPSA) is 269 Å². The Morgan fingerprint density at radius 1 is 0.900 bits per heavy atom. The molecule has 1 aromatic heterocycles. The second-order valence-electron chi connectivity index (χ2n) is 19.2. The highest BCUT2D eigenvalue weighted by atomic mass is 32.2. The Bertz CT molecular complexity index is 2270. The Hall–Kier alpha value is -6.15. The van der Waals surface area contributed by atoms with E-state index in [-0.39, 0.29) is 57.7 Å². The number of carbonyl (C=O) groups is 8. The fourth-order valence-corrected chi connectivity index (χ4v) is 8.47. The van der Waals surface area contributed by atoms with Gasteiger partial charge in [0.05, 0.1) is 0 Å². The number of imide groups is 1. The minimum atomic E-state index is -1.68. The minimum absolute atomic E-state index is 0.00239. The van der Waals surface area contributed by atoms with Crippen molar-refractivity contribution in [2.24, 2.45) is 23.3 Å². The van der Waals surface area contributed by atoms with Gasteiger partial charge in [0, 0.05) is 36.5 Å². The van der Waals surface area contributed by atoms with Crippen molar-refractivity contribution in [3.8, 4) is 0 Å². The van der Waals surface area contributed by atoms with Crippen LogP contribution in [0.25, 0.3) is 10.9 Å². The summed E-state index contributed by atoms with van der Waals surface area (Å²) in [5.41, 5.74) is 12.5. The summed E-state index contributed by atoms with van der Waals surface area (Å²) >= 11 is 1.46. The van der Waals surface area contributed by atoms with E-state index >= 15 is 9.59 Å². The second kappa shape index (κ2) is 26.7. The molecule has 0 spiro atoms. The van der Waals surface area contributed by atoms with Crippen LogP contribution >= 0.6 is 11.8 Å². The Labute approximate surface area is 415 Å². The van der Waals surface area contributed by atoms with Gasteiger partial charge in [-0.05, 0) is 107 Å². The van der Waals surface area contributed by atoms with E-state index in [9.17, 15) is 28.8 Å². The van der Waals surface area contributed by atoms with Crippen LogP contribution in [-0.4, -0.2) is 128 Å². The molecule has 3 aromatic rings. The summed E-state index contributed by atoms with van der Waals surface area (Å²) in [6.07, 6.45) is 2.81. The fraction of sp³-hybridized carbons (Fsp3) is 0.560. The van der Waals surface area contributed by atoms with Gasteiger partial charge in [0.1, 0.15) is 42.4 Å². The smallest absolute Gasteiger partial charge is 0.417 e. The highest BCUT2D eigenvalue weighted by Crippen LogP contribution is 2.25. The average molecular weight is 992 g/mol. The maximum atomic E-state index is 15.1. The van der Waals surface area contributed by atoms with Crippen LogP contribution in [0.3, 0.4) is 0 Å². The zero-order chi connectivity index (χ0) is 51.7. The number of carbonyl (C=O) groups excluding carboxylic acids is 8. The molecular weight excluding hydrogens is 919 g/mol. The maximum Gasteiger partial charge on any atom is 0.417 e. The summed E-state index contributed by atoms with van der Waals surface area (Å²) in [5.74, 6) is -4.45. The van der Waals surface area contributed by atoms with Crippen LogP contribution < -0.4 is 27.4 Å². The number of rotatable bonds is 25. The third-order valence-corrected chi connectivity index (χ3v) is 12.3. The first-order valence-corrected chi connectivity index (χ1v) is 25.4. The van der Waals surface area contributed by atoms with E-state index in [0.29, 0.717) is 51.9 Å². The number of ether oxygens (including phenoxy) is 2. The molecule has 0 bridgehead atoms. The molecule has 8 N–H and O–H groups in total. The molecule has 20 heteroatoms. The largest absolute Gasteiger partial charge is 0.444 e. The molecule has 8 amide bonds. The van der Waals surface area contributed by atoms with E-state index in [0.717, 1.165) is 5.01 Å². The first-order chi connectivity index (χ1) is 33.2. The molecule has 0 saturated carbocycles. The number of thioether (sulfide) groups is 1. The van der Waals surface area contributed by atoms with Crippen LogP contribution in [0.5, 0.6) is 0 Å². The van der Waals surface area contributed by atoms with Crippen LogP contribution in [0, 0.1) is 11.8 Å². The monoisotopic (exact) mass is 992 g/mol. The molecule has 0 radical (unpaired) electrons. The van der Waals surface area contributed by atoms with Gasteiger partial charge in [0.2, 0.25) is 23.6 Å². The number of nitrogens with zero attached hydrogens (tertiary/aromatic N) is 3. The van der Waals surface area contributed by atoms with E-state index in [2.05, 4.69) is 20.9 Å². The van der Waals surface area contributed by atoms with Crippen molar-refractivity contribution in [3.05, 3.63) is 71.9 Å². The molecule has 1 aliphatic rings. The molecule has 5 atom stereocenters. The van der Waals surface area contributed by atoms with Crippen molar-refractivity contribution in [1.82, 2.24) is 35.9 Å². The minimum Gasteiger partial charge on any atom is -0.444 e. The van der Waals surface area contributed by atoms with Gasteiger partial charge < -0.3 is 41.9 Å². The number of para-hydroxylation sites is 1. The SMILES string of the molecule is CSCCC(C(N)=O)N(C(=O)CCC(C)C)N1CC[C@H](NC(=O)[C@@H](NC(=O)[C@@H](Cc2c[nH]c3ccccc23)N(C(=O)OCc2ccccc2)C(=O)[C@H](CCCCN)NC(=O)OC(C)(C)C)C(C)C)C1=O. The highest BCUT2D eigenvalue weighted by molar-refractivity contribution is 7.98. The summed E-state index contributed by atoms with van der Waals surface area (Å²) in [6, 6.07) is 9.33. The molecule has 2 heterocycles. The zero-order valence-corrected chi connectivity index (χ0v) is 42.6. The number of nitrogens with two attached hydrogens (primary N) is 2. The third kappa shape index (κ3) is 16.2. The number of unbranched alkanes of at least 4 members (excludes halogenated alkanes) is 1. The number of fused-ring (bicyclic) bond motifs is 1. The standard InChI is InChI=1S/C50H73N9O10S/c1-31(2)21-22-41(60)59(39(43(52)61)24-27-70-8)57-26-23-38(46(57)64)54-45(63)42(32(3)4)56-44(62)40(28-34-29-53-36-19-13-12-18-35(34)36)58(49(67)68-30-33-16-10-9-11-17-33)47(65)37(20-14-15-25-51)55-48(66)69-50(5,6)7/h9-13,16-19,29,31-32,37-40,42,53H,14-15,20-28,30,51H2,1-8H3,(H2,52,61)(H,54,63)(H,55,66)(H,56,62)/t37-,38-,39?,40+,42-/m0/s1. The van der Waals surface area contributed by atoms with Crippen molar-refractivity contribution in [1.29, 1.82) is 0 Å². The summed E-state index contributed by atoms with van der Waals surface area (Å²) in [5, 5.41) is 11.2. The number of hydrazine groups is 1. The van der Waals surface area contributed by atoms with E-state index in [1.54, 1.807) is 77.2 Å². The number of hydrogen-bond donors (Lipinski definition) is 6. The molecule has 1 fully saturated rings. The Morgan fingerprint density at radius 2 is 1.59 bits per heavy atom. The van der Waals surface area contributed by atoms with Crippen molar-refractivity contribution in [2.75, 3.05) is 25.1 Å². The summed E-state index contributed by atoms with van der Waals surface area (Å²) < 4.78 is 11.3. The Balaban J connectivity index is 1.74. The molecular formula is C50H73N9O10S. The molecule has 384 valence electrons. The predicted molar refractivity (Wildman–Crippen MR) is 267 cm³/mol. The van der Waals surface area contributed by atoms with Gasteiger partial charge in [0.25, 0.3) is 11.8 Å². The number of aromatic amines is 1. The van der Waals surface area contributed by atoms with Crippen molar-refractivity contribution >= 4 is 70.3 Å². The number of nitrogens with one attached hydrogen (secondary N) is 4. The van der Waals surface area contributed by atoms with Gasteiger partial charge >= 0.3 is 12.2 Å². The quantitative estimate of drug-likeness (QED) is 0.0619. The summed E-state index contributed by atoms with van der Waals surface area (Å²) in [6.45, 7) is 12.2. The molecule has 1 unspecified atom stereocenters. The zero-order valence-electron chi connectivity index (χ0n) is 41.8. The van der Waals surface area contributed by atoms with Gasteiger partial charge in [-0.2, -0.15) is 11.8 Å². The van der Waals surface area contributed by atoms with Crippen molar-refractivity contribution in [3.63, 3.8) is 0 Å². The van der Waals surface area contributed by atoms with Gasteiger partial charge in [-0.1, -0.05) is 76.2 Å². The lowest BCUT2D eigenvalue weighted by atomic mass is 9.98. The van der Waals surface area contributed by atoms with Crippen LogP contribution in [0.15, 0.2) is 60.8 Å². The maximum absolute atomic E-state index is 15.1. The second-order valence-corrected chi connectivity index (χ2v) is 20.2. The van der Waals surface area contributed by atoms with Crippen molar-refractivity contribution in [2.45, 2.75) is 142 Å². The van der Waals surface area contributed by atoms with Gasteiger partial charge in [-0.15, -0.1) is 0 Å². The van der Waals surface area contributed by atoms with Crippen LogP contribution in [0.1, 0.15) is 105 Å². The Morgan fingerprint density at radius 3 is 2.21 bits per heavy atom. The first kappa shape index (κ1) is 56.4. The predicted octanol–water partition coefficient (Wildman–Crippen LogP) is 4.91. The molecule has 1 saturated heterocycles. The number of alkyl carbamates (subject to hydrolysis) is 1. The number of primary amides is 1. The third-order valence-electron chi connectivity index (χ3n) is 11.7. The normalized spacial score (nSPS) is 15.5.